The predicted octanol–water partition coefficient (Wildman–Crippen LogP) is 4.91. The number of ether oxygens (including phenoxy) is 1. The summed E-state index contributed by atoms with van der Waals surface area (Å²) < 4.78 is 35.5. The summed E-state index contributed by atoms with van der Waals surface area (Å²) >= 11 is 0. The molecule has 0 spiro atoms. The summed E-state index contributed by atoms with van der Waals surface area (Å²) in [6.07, 6.45) is 1.65. The highest BCUT2D eigenvalue weighted by Gasteiger charge is 2.16. The van der Waals surface area contributed by atoms with Gasteiger partial charge >= 0.3 is 10.1 Å². The lowest BCUT2D eigenvalue weighted by Gasteiger charge is -2.08. The molecule has 3 aromatic carbocycles. The maximum atomic E-state index is 12.4. The van der Waals surface area contributed by atoms with Gasteiger partial charge in [-0.05, 0) is 67.9 Å². The molecule has 0 N–H and O–H groups in total. The lowest BCUT2D eigenvalue weighted by atomic mass is 10.2. The first kappa shape index (κ1) is 19.6. The van der Waals surface area contributed by atoms with Gasteiger partial charge in [-0.2, -0.15) is 8.42 Å². The Labute approximate surface area is 165 Å². The van der Waals surface area contributed by atoms with Crippen LogP contribution < -0.4 is 8.92 Å². The Morgan fingerprint density at radius 1 is 0.929 bits per heavy atom. The normalized spacial score (nSPS) is 11.5. The van der Waals surface area contributed by atoms with E-state index in [1.807, 2.05) is 44.2 Å². The Hall–Kier alpha value is -3.12. The number of hydrogen-bond acceptors (Lipinski definition) is 5. The summed E-state index contributed by atoms with van der Waals surface area (Å²) in [6, 6.07) is 20.7. The van der Waals surface area contributed by atoms with Gasteiger partial charge in [-0.15, -0.1) is 0 Å². The smallest absolute Gasteiger partial charge is 0.339 e. The molecule has 28 heavy (non-hydrogen) atoms. The lowest BCUT2D eigenvalue weighted by molar-refractivity contribution is 0.340. The van der Waals surface area contributed by atoms with E-state index in [4.69, 9.17) is 8.92 Å². The third-order valence-corrected chi connectivity index (χ3v) is 5.15. The van der Waals surface area contributed by atoms with Gasteiger partial charge in [-0.1, -0.05) is 29.8 Å². The van der Waals surface area contributed by atoms with E-state index in [1.165, 1.54) is 12.1 Å². The van der Waals surface area contributed by atoms with Gasteiger partial charge in [0.25, 0.3) is 0 Å². The molecule has 0 saturated carbocycles. The van der Waals surface area contributed by atoms with Crippen molar-refractivity contribution in [2.45, 2.75) is 18.7 Å². The van der Waals surface area contributed by atoms with Gasteiger partial charge in [0.1, 0.15) is 16.4 Å². The van der Waals surface area contributed by atoms with Crippen molar-refractivity contribution in [2.24, 2.45) is 4.99 Å². The molecule has 144 valence electrons. The molecule has 0 aliphatic rings. The molecule has 0 atom stereocenters. The minimum absolute atomic E-state index is 0.117. The van der Waals surface area contributed by atoms with Crippen molar-refractivity contribution in [1.29, 1.82) is 0 Å². The highest BCUT2D eigenvalue weighted by Crippen LogP contribution is 2.21. The van der Waals surface area contributed by atoms with Crippen LogP contribution in [0, 0.1) is 6.92 Å². The van der Waals surface area contributed by atoms with Gasteiger partial charge in [0.2, 0.25) is 0 Å². The summed E-state index contributed by atoms with van der Waals surface area (Å²) in [7, 11) is -3.88. The Kier molecular flexibility index (Phi) is 6.11. The maximum absolute atomic E-state index is 12.4. The summed E-state index contributed by atoms with van der Waals surface area (Å²) in [5, 5.41) is 0. The topological polar surface area (TPSA) is 65.0 Å². The van der Waals surface area contributed by atoms with Crippen molar-refractivity contribution in [3.8, 4) is 11.5 Å². The fourth-order valence-corrected chi connectivity index (χ4v) is 3.39. The molecule has 0 unspecified atom stereocenters. The summed E-state index contributed by atoms with van der Waals surface area (Å²) in [5.41, 5.74) is 2.47. The second kappa shape index (κ2) is 8.71. The molecule has 0 saturated heterocycles. The minimum Gasteiger partial charge on any atom is -0.494 e. The van der Waals surface area contributed by atoms with Crippen LogP contribution >= 0.6 is 0 Å². The first-order valence-corrected chi connectivity index (χ1v) is 10.3. The molecule has 5 nitrogen and oxygen atoms in total. The number of hydrogen-bond donors (Lipinski definition) is 0. The van der Waals surface area contributed by atoms with Crippen molar-refractivity contribution >= 4 is 22.0 Å². The number of nitrogens with zero attached hydrogens (tertiary/aromatic N) is 1. The zero-order chi connectivity index (χ0) is 20.0. The molecule has 0 amide bonds. The maximum Gasteiger partial charge on any atom is 0.339 e. The molecule has 0 aromatic heterocycles. The van der Waals surface area contributed by atoms with Crippen LogP contribution in [0.2, 0.25) is 0 Å². The molecule has 0 aliphatic heterocycles. The zero-order valence-electron chi connectivity index (χ0n) is 15.7. The van der Waals surface area contributed by atoms with E-state index in [0.29, 0.717) is 6.61 Å². The predicted molar refractivity (Wildman–Crippen MR) is 110 cm³/mol. The second-order valence-corrected chi connectivity index (χ2v) is 7.65. The van der Waals surface area contributed by atoms with Gasteiger partial charge in [0.15, 0.2) is 0 Å². The highest BCUT2D eigenvalue weighted by atomic mass is 32.2. The highest BCUT2D eigenvalue weighted by molar-refractivity contribution is 7.87. The molecular formula is C22H21NO4S. The molecule has 0 radical (unpaired) electrons. The molecule has 6 heteroatoms. The summed E-state index contributed by atoms with van der Waals surface area (Å²) in [6.45, 7) is 4.44. The molecule has 0 aliphatic carbocycles. The van der Waals surface area contributed by atoms with Crippen molar-refractivity contribution in [3.05, 3.63) is 83.9 Å². The van der Waals surface area contributed by atoms with Crippen LogP contribution in [-0.4, -0.2) is 21.2 Å². The van der Waals surface area contributed by atoms with Gasteiger partial charge in [-0.3, -0.25) is 4.99 Å². The Balaban J connectivity index is 1.74. The van der Waals surface area contributed by atoms with E-state index in [9.17, 15) is 8.42 Å². The van der Waals surface area contributed by atoms with E-state index in [2.05, 4.69) is 4.99 Å². The summed E-state index contributed by atoms with van der Waals surface area (Å²) in [5.74, 6) is 1.02. The van der Waals surface area contributed by atoms with E-state index in [0.717, 1.165) is 22.6 Å². The van der Waals surface area contributed by atoms with E-state index in [-0.39, 0.29) is 10.6 Å². The third-order valence-electron chi connectivity index (χ3n) is 3.88. The molecule has 3 aromatic rings. The monoisotopic (exact) mass is 395 g/mol. The van der Waals surface area contributed by atoms with Crippen LogP contribution in [0.3, 0.4) is 0 Å². The van der Waals surface area contributed by atoms with Crippen LogP contribution in [0.1, 0.15) is 18.1 Å². The first-order chi connectivity index (χ1) is 13.5. The first-order valence-electron chi connectivity index (χ1n) is 8.84. The van der Waals surface area contributed by atoms with Crippen molar-refractivity contribution in [3.63, 3.8) is 0 Å². The molecule has 0 bridgehead atoms. The van der Waals surface area contributed by atoms with Crippen molar-refractivity contribution in [2.75, 3.05) is 6.61 Å². The summed E-state index contributed by atoms with van der Waals surface area (Å²) in [4.78, 5) is 4.51. The average Bonchev–Trinajstić information content (AvgIpc) is 2.68. The fourth-order valence-electron chi connectivity index (χ4n) is 2.47. The molecule has 0 fully saturated rings. The van der Waals surface area contributed by atoms with Crippen LogP contribution in [0.25, 0.3) is 0 Å². The number of aliphatic imine (C=N–C) groups is 1. The standard InChI is InChI=1S/C22H21NO4S/c1-3-26-20-11-9-19(10-12-20)23-16-18-5-4-6-21(15-18)27-28(24,25)22-13-7-17(2)8-14-22/h4-16H,3H2,1-2H3. The fraction of sp³-hybridized carbons (Fsp3) is 0.136. The van der Waals surface area contributed by atoms with Crippen LogP contribution in [0.5, 0.6) is 11.5 Å². The van der Waals surface area contributed by atoms with E-state index in [1.54, 1.807) is 36.5 Å². The van der Waals surface area contributed by atoms with Gasteiger partial charge < -0.3 is 8.92 Å². The average molecular weight is 395 g/mol. The number of rotatable bonds is 7. The Morgan fingerprint density at radius 2 is 1.64 bits per heavy atom. The minimum atomic E-state index is -3.88. The molecule has 3 rings (SSSR count). The zero-order valence-corrected chi connectivity index (χ0v) is 16.5. The largest absolute Gasteiger partial charge is 0.494 e. The third kappa shape index (κ3) is 5.20. The van der Waals surface area contributed by atoms with Crippen LogP contribution in [0.4, 0.5) is 5.69 Å². The molecular weight excluding hydrogens is 374 g/mol. The van der Waals surface area contributed by atoms with Gasteiger partial charge in [0.05, 0.1) is 12.3 Å². The van der Waals surface area contributed by atoms with E-state index < -0.39 is 10.1 Å². The Morgan fingerprint density at radius 3 is 2.32 bits per heavy atom. The SMILES string of the molecule is CCOc1ccc(N=Cc2cccc(OS(=O)(=O)c3ccc(C)cc3)c2)cc1. The quantitative estimate of drug-likeness (QED) is 0.421. The van der Waals surface area contributed by atoms with Crippen molar-refractivity contribution in [1.82, 2.24) is 0 Å². The van der Waals surface area contributed by atoms with Gasteiger partial charge in [-0.25, -0.2) is 0 Å². The number of aryl methyl sites for hydroxylation is 1. The van der Waals surface area contributed by atoms with Crippen LogP contribution in [0.15, 0.2) is 82.7 Å². The second-order valence-electron chi connectivity index (χ2n) is 6.11. The van der Waals surface area contributed by atoms with Gasteiger partial charge in [0, 0.05) is 6.21 Å². The van der Waals surface area contributed by atoms with E-state index >= 15 is 0 Å². The van der Waals surface area contributed by atoms with Crippen molar-refractivity contribution < 1.29 is 17.3 Å². The Bertz CT molecular complexity index is 1060. The van der Waals surface area contributed by atoms with Crippen LogP contribution in [-0.2, 0) is 10.1 Å². The number of benzene rings is 3. The lowest BCUT2D eigenvalue weighted by Crippen LogP contribution is -2.09. The molecule has 0 heterocycles.